The highest BCUT2D eigenvalue weighted by atomic mass is 16.6. The lowest BCUT2D eigenvalue weighted by Gasteiger charge is -2.29. The van der Waals surface area contributed by atoms with Crippen LogP contribution >= 0.6 is 0 Å². The molecule has 2 aromatic carbocycles. The highest BCUT2D eigenvalue weighted by molar-refractivity contribution is 6.05. The van der Waals surface area contributed by atoms with Crippen LogP contribution in [-0.2, 0) is 4.79 Å². The molecule has 0 saturated carbocycles. The van der Waals surface area contributed by atoms with Crippen molar-refractivity contribution in [2.45, 2.75) is 18.8 Å². The molecule has 0 radical (unpaired) electrons. The summed E-state index contributed by atoms with van der Waals surface area (Å²) in [5.41, 5.74) is 5.48. The second-order valence-corrected chi connectivity index (χ2v) is 6.82. The third-order valence-corrected chi connectivity index (χ3v) is 5.35. The van der Waals surface area contributed by atoms with E-state index >= 15 is 0 Å². The maximum atomic E-state index is 12.7. The number of anilines is 1. The molecule has 0 fully saturated rings. The number of nitro groups is 1. The van der Waals surface area contributed by atoms with Crippen LogP contribution in [0.15, 0.2) is 66.0 Å². The second-order valence-electron chi connectivity index (χ2n) is 6.82. The Hall–Kier alpha value is -3.54. The summed E-state index contributed by atoms with van der Waals surface area (Å²) < 4.78 is 0. The lowest BCUT2D eigenvalue weighted by Crippen LogP contribution is -2.19. The molecule has 0 saturated heterocycles. The molecule has 3 aromatic rings. The van der Waals surface area contributed by atoms with E-state index in [0.29, 0.717) is 12.8 Å². The zero-order chi connectivity index (χ0) is 18.5. The van der Waals surface area contributed by atoms with Crippen LogP contribution in [0.3, 0.4) is 0 Å². The van der Waals surface area contributed by atoms with Gasteiger partial charge in [0.15, 0.2) is 5.78 Å². The van der Waals surface area contributed by atoms with Gasteiger partial charge in [-0.05, 0) is 35.7 Å². The van der Waals surface area contributed by atoms with Gasteiger partial charge in [0.2, 0.25) is 0 Å². The lowest BCUT2D eigenvalue weighted by molar-refractivity contribution is -0.384. The molecule has 132 valence electrons. The Labute approximate surface area is 154 Å². The van der Waals surface area contributed by atoms with Crippen molar-refractivity contribution >= 4 is 28.1 Å². The van der Waals surface area contributed by atoms with Crippen molar-refractivity contribution in [3.05, 3.63) is 87.2 Å². The number of carbonyl (C=O) groups excluding carboxylic acids is 1. The normalized spacial score (nSPS) is 18.2. The molecule has 2 heterocycles. The number of nitrogens with zero attached hydrogens (tertiary/aromatic N) is 2. The van der Waals surface area contributed by atoms with Gasteiger partial charge in [0.1, 0.15) is 0 Å². The quantitative estimate of drug-likeness (QED) is 0.545. The van der Waals surface area contributed by atoms with Crippen molar-refractivity contribution < 1.29 is 9.72 Å². The molecule has 0 amide bonds. The minimum Gasteiger partial charge on any atom is -0.358 e. The van der Waals surface area contributed by atoms with Crippen LogP contribution in [0.4, 0.5) is 11.4 Å². The molecule has 6 heteroatoms. The number of Topliss-reactive ketones (excluding diaryl/α,β-unsaturated/α-hetero) is 1. The van der Waals surface area contributed by atoms with E-state index in [9.17, 15) is 14.9 Å². The first-order chi connectivity index (χ1) is 13.1. The lowest BCUT2D eigenvalue weighted by atomic mass is 9.79. The Balaban J connectivity index is 1.78. The summed E-state index contributed by atoms with van der Waals surface area (Å²) in [5, 5.41) is 15.4. The molecule has 6 nitrogen and oxygen atoms in total. The zero-order valence-corrected chi connectivity index (χ0v) is 14.3. The first kappa shape index (κ1) is 15.7. The fraction of sp³-hybridized carbons (Fsp3) is 0.143. The Morgan fingerprint density at radius 2 is 1.89 bits per heavy atom. The number of pyridine rings is 1. The third kappa shape index (κ3) is 2.33. The Kier molecular flexibility index (Phi) is 3.33. The molecule has 1 N–H and O–H groups in total. The monoisotopic (exact) mass is 357 g/mol. The van der Waals surface area contributed by atoms with Crippen LogP contribution in [0.1, 0.15) is 29.9 Å². The Bertz CT molecular complexity index is 1150. The number of nitrogens with one attached hydrogen (secondary N) is 1. The summed E-state index contributed by atoms with van der Waals surface area (Å²) in [6.07, 6.45) is 2.94. The molecule has 2 aliphatic rings. The third-order valence-electron chi connectivity index (χ3n) is 5.35. The van der Waals surface area contributed by atoms with Crippen molar-refractivity contribution in [1.29, 1.82) is 0 Å². The summed E-state index contributed by atoms with van der Waals surface area (Å²) in [7, 11) is 0. The molecule has 1 aromatic heterocycles. The summed E-state index contributed by atoms with van der Waals surface area (Å²) in [4.78, 5) is 27.7. The van der Waals surface area contributed by atoms with E-state index in [0.717, 1.165) is 39.0 Å². The van der Waals surface area contributed by atoms with Crippen LogP contribution in [-0.4, -0.2) is 15.7 Å². The second kappa shape index (κ2) is 5.74. The van der Waals surface area contributed by atoms with Gasteiger partial charge in [-0.25, -0.2) is 0 Å². The minimum atomic E-state index is -0.412. The highest BCUT2D eigenvalue weighted by Crippen LogP contribution is 2.48. The molecule has 0 bridgehead atoms. The number of hydrogen-bond donors (Lipinski definition) is 1. The summed E-state index contributed by atoms with van der Waals surface area (Å²) in [5.74, 6) is -0.118. The van der Waals surface area contributed by atoms with E-state index in [1.807, 2.05) is 24.3 Å². The van der Waals surface area contributed by atoms with E-state index in [2.05, 4.69) is 10.3 Å². The van der Waals surface area contributed by atoms with Gasteiger partial charge in [0.05, 0.1) is 10.4 Å². The number of benzene rings is 2. The Morgan fingerprint density at radius 3 is 2.67 bits per heavy atom. The number of nitro benzene ring substituents is 1. The number of hydrogen-bond acceptors (Lipinski definition) is 5. The number of ketones is 1. The minimum absolute atomic E-state index is 0.0412. The fourth-order valence-corrected chi connectivity index (χ4v) is 4.17. The predicted molar refractivity (Wildman–Crippen MR) is 102 cm³/mol. The maximum Gasteiger partial charge on any atom is 0.269 e. The number of rotatable bonds is 2. The number of aromatic nitrogens is 1. The summed E-state index contributed by atoms with van der Waals surface area (Å²) >= 11 is 0. The Morgan fingerprint density at radius 1 is 1.07 bits per heavy atom. The van der Waals surface area contributed by atoms with Crippen LogP contribution in [0, 0.1) is 10.1 Å². The molecule has 1 atom stereocenters. The van der Waals surface area contributed by atoms with Gasteiger partial charge < -0.3 is 5.32 Å². The van der Waals surface area contributed by atoms with Crippen molar-refractivity contribution in [2.75, 3.05) is 5.32 Å². The van der Waals surface area contributed by atoms with Gasteiger partial charge in [-0.1, -0.05) is 18.2 Å². The van der Waals surface area contributed by atoms with Gasteiger partial charge in [0.25, 0.3) is 5.69 Å². The molecular formula is C21H15N3O3. The van der Waals surface area contributed by atoms with Crippen LogP contribution in [0.2, 0.25) is 0 Å². The van der Waals surface area contributed by atoms with Crippen molar-refractivity contribution in [3.63, 3.8) is 0 Å². The topological polar surface area (TPSA) is 85.1 Å². The van der Waals surface area contributed by atoms with Gasteiger partial charge in [-0.3, -0.25) is 19.9 Å². The van der Waals surface area contributed by atoms with E-state index < -0.39 is 4.92 Å². The molecule has 5 rings (SSSR count). The smallest absolute Gasteiger partial charge is 0.269 e. The number of fused-ring (bicyclic) bond motifs is 3. The predicted octanol–water partition coefficient (Wildman–Crippen LogP) is 4.32. The van der Waals surface area contributed by atoms with Gasteiger partial charge in [-0.2, -0.15) is 0 Å². The van der Waals surface area contributed by atoms with Crippen LogP contribution in [0.25, 0.3) is 10.9 Å². The largest absolute Gasteiger partial charge is 0.358 e. The van der Waals surface area contributed by atoms with Gasteiger partial charge >= 0.3 is 0 Å². The average Bonchev–Trinajstić information content (AvgIpc) is 3.06. The average molecular weight is 357 g/mol. The molecule has 1 unspecified atom stereocenters. The first-order valence-electron chi connectivity index (χ1n) is 8.79. The van der Waals surface area contributed by atoms with Crippen LogP contribution in [0.5, 0.6) is 0 Å². The van der Waals surface area contributed by atoms with Crippen molar-refractivity contribution in [1.82, 2.24) is 4.98 Å². The molecule has 1 aliphatic heterocycles. The van der Waals surface area contributed by atoms with Gasteiger partial charge in [-0.15, -0.1) is 0 Å². The molecular weight excluding hydrogens is 342 g/mol. The maximum absolute atomic E-state index is 12.7. The number of carbonyl (C=O) groups is 1. The van der Waals surface area contributed by atoms with Crippen LogP contribution < -0.4 is 5.32 Å². The van der Waals surface area contributed by atoms with E-state index in [4.69, 9.17) is 0 Å². The highest BCUT2D eigenvalue weighted by Gasteiger charge is 2.37. The van der Waals surface area contributed by atoms with Crippen molar-refractivity contribution in [3.8, 4) is 0 Å². The number of non-ortho nitro benzene ring substituents is 1. The summed E-state index contributed by atoms with van der Waals surface area (Å²) in [6, 6.07) is 14.4. The van der Waals surface area contributed by atoms with Crippen molar-refractivity contribution in [2.24, 2.45) is 0 Å². The van der Waals surface area contributed by atoms with Gasteiger partial charge in [0, 0.05) is 53.0 Å². The van der Waals surface area contributed by atoms with E-state index in [-0.39, 0.29) is 17.4 Å². The number of allylic oxidation sites excluding steroid dienone is 2. The van der Waals surface area contributed by atoms with E-state index in [1.165, 1.54) is 12.1 Å². The zero-order valence-electron chi connectivity index (χ0n) is 14.3. The summed E-state index contributed by atoms with van der Waals surface area (Å²) in [6.45, 7) is 0. The molecule has 27 heavy (non-hydrogen) atoms. The SMILES string of the molecule is O=C1CCC2=C1C(c1ccc([N+](=O)[O-])cc1)c1c(ccc3ncccc13)N2. The molecule has 1 aliphatic carbocycles. The molecule has 0 spiro atoms. The first-order valence-corrected chi connectivity index (χ1v) is 8.79. The van der Waals surface area contributed by atoms with E-state index in [1.54, 1.807) is 18.3 Å². The fourth-order valence-electron chi connectivity index (χ4n) is 4.17. The standard InChI is InChI=1S/C21H15N3O3/c25-18-10-9-17-21(18)19(12-3-5-13(6-4-12)24(26)27)20-14-2-1-11-22-15(14)7-8-16(20)23-17/h1-8,11,19,23H,9-10H2.